The summed E-state index contributed by atoms with van der Waals surface area (Å²) >= 11 is 4.19. The topological polar surface area (TPSA) is 369 Å². The molecule has 21 nitrogen and oxygen atoms in total. The van der Waals surface area contributed by atoms with Gasteiger partial charge in [0.25, 0.3) is 0 Å². The van der Waals surface area contributed by atoms with E-state index in [1.54, 1.807) is 12.4 Å². The second kappa shape index (κ2) is 23.1. The number of aromatic amines is 2. The highest BCUT2D eigenvalue weighted by molar-refractivity contribution is 7.80. The molecule has 0 saturated heterocycles. The lowest BCUT2D eigenvalue weighted by Gasteiger charge is -2.27. The molecule has 0 unspecified atom stereocenters. The fourth-order valence-electron chi connectivity index (χ4n) is 6.46. The average molecular weight is 863 g/mol. The number of hydrogen-bond acceptors (Lipinski definition) is 10. The molecule has 0 radical (unpaired) electrons. The van der Waals surface area contributed by atoms with Gasteiger partial charge in [0.1, 0.15) is 30.7 Å². The summed E-state index contributed by atoms with van der Waals surface area (Å²) in [6.45, 7) is -0.314. The standard InChI is InChI=1S/C39H54N14O7S/c40-25(9-5-13-45-38(41)42)33(56)50-28(12-6-14-46-39(43)44)35(58)51-29(15-21-17-47-26-10-3-1-7-23(21)26)36(59)52-30(16-22-18-48-27-11-4-2-8-24(22)27)37(60)53-31(20-61)34(57)49-19-32(54)55/h1-4,7-8,10-11,17-18,25,28-31,47-48,61H,5-6,9,12-16,19-20,40H2,(H,49,57)(H,50,56)(H,51,58)(H,52,59)(H,53,60)(H,54,55)(H4,41,42,45)(H4,43,44,46)/t25-,28-,29-,30-,31-/m0/s1. The van der Waals surface area contributed by atoms with Crippen molar-refractivity contribution in [3.8, 4) is 0 Å². The van der Waals surface area contributed by atoms with Crippen molar-refractivity contribution in [2.24, 2.45) is 38.7 Å². The third-order valence-electron chi connectivity index (χ3n) is 9.58. The van der Waals surface area contributed by atoms with E-state index in [0.29, 0.717) is 17.5 Å². The summed E-state index contributed by atoms with van der Waals surface area (Å²) in [5.41, 5.74) is 30.8. The Hall–Kier alpha value is -6.81. The first-order valence-corrected chi connectivity index (χ1v) is 20.1. The number of hydrogen-bond donors (Lipinski definition) is 14. The van der Waals surface area contributed by atoms with E-state index in [-0.39, 0.29) is 62.9 Å². The Morgan fingerprint density at radius 3 is 1.54 bits per heavy atom. The highest BCUT2D eigenvalue weighted by atomic mass is 32.1. The number of thiol groups is 1. The van der Waals surface area contributed by atoms with E-state index < -0.39 is 72.3 Å². The van der Waals surface area contributed by atoms with Crippen LogP contribution in [0.2, 0.25) is 0 Å². The molecule has 18 N–H and O–H groups in total. The molecule has 4 rings (SSSR count). The Balaban J connectivity index is 1.65. The van der Waals surface area contributed by atoms with Crippen LogP contribution in [0, 0.1) is 0 Å². The van der Waals surface area contributed by atoms with Crippen molar-refractivity contribution in [2.45, 2.75) is 68.7 Å². The smallest absolute Gasteiger partial charge is 0.322 e. The van der Waals surface area contributed by atoms with E-state index in [1.807, 2.05) is 48.5 Å². The molecule has 0 aliphatic carbocycles. The number of carbonyl (C=O) groups excluding carboxylic acids is 5. The molecule has 0 fully saturated rings. The molecule has 5 amide bonds. The lowest BCUT2D eigenvalue weighted by Crippen LogP contribution is -2.60. The maximum atomic E-state index is 14.5. The fraction of sp³-hybridized carbons (Fsp3) is 0.385. The summed E-state index contributed by atoms with van der Waals surface area (Å²) in [5, 5.41) is 23.7. The van der Waals surface area contributed by atoms with Gasteiger partial charge in [-0.2, -0.15) is 12.6 Å². The summed E-state index contributed by atoms with van der Waals surface area (Å²) in [6.07, 6.45) is 4.18. The number of nitrogens with two attached hydrogens (primary N) is 5. The van der Waals surface area contributed by atoms with Crippen LogP contribution in [0.5, 0.6) is 0 Å². The highest BCUT2D eigenvalue weighted by Crippen LogP contribution is 2.21. The van der Waals surface area contributed by atoms with Crippen LogP contribution in [0.25, 0.3) is 21.8 Å². The van der Waals surface area contributed by atoms with Gasteiger partial charge in [-0.05, 0) is 48.9 Å². The number of para-hydroxylation sites is 2. The van der Waals surface area contributed by atoms with Gasteiger partial charge >= 0.3 is 5.97 Å². The number of aliphatic imine (C=N–C) groups is 2. The molecule has 2 heterocycles. The molecule has 2 aromatic heterocycles. The van der Waals surface area contributed by atoms with Gasteiger partial charge in [-0.15, -0.1) is 0 Å². The monoisotopic (exact) mass is 862 g/mol. The van der Waals surface area contributed by atoms with Crippen LogP contribution in [0.1, 0.15) is 36.8 Å². The third kappa shape index (κ3) is 14.5. The molecular weight excluding hydrogens is 809 g/mol. The second-order valence-corrected chi connectivity index (χ2v) is 14.5. The van der Waals surface area contributed by atoms with Crippen molar-refractivity contribution in [1.29, 1.82) is 0 Å². The number of carboxylic acids is 1. The number of nitrogens with zero attached hydrogens (tertiary/aromatic N) is 2. The van der Waals surface area contributed by atoms with Gasteiger partial charge < -0.3 is 70.3 Å². The fourth-order valence-corrected chi connectivity index (χ4v) is 6.72. The first-order chi connectivity index (χ1) is 29.2. The number of aliphatic carboxylic acids is 1. The van der Waals surface area contributed by atoms with Gasteiger partial charge in [-0.3, -0.25) is 38.8 Å². The number of nitrogens with one attached hydrogen (secondary N) is 7. The Kier molecular flexibility index (Phi) is 17.8. The molecule has 0 aliphatic heterocycles. The Morgan fingerprint density at radius 2 is 1.07 bits per heavy atom. The number of aromatic nitrogens is 2. The van der Waals surface area contributed by atoms with E-state index in [9.17, 15) is 28.8 Å². The first kappa shape index (κ1) is 46.9. The predicted octanol–water partition coefficient (Wildman–Crippen LogP) is -2.06. The van der Waals surface area contributed by atoms with E-state index >= 15 is 0 Å². The molecule has 0 aliphatic rings. The maximum absolute atomic E-state index is 14.5. The Bertz CT molecular complexity index is 2220. The van der Waals surface area contributed by atoms with Crippen LogP contribution in [0.15, 0.2) is 70.9 Å². The van der Waals surface area contributed by atoms with E-state index in [4.69, 9.17) is 33.8 Å². The summed E-state index contributed by atoms with van der Waals surface area (Å²) in [7, 11) is 0. The number of rotatable bonds is 24. The number of guanidine groups is 2. The van der Waals surface area contributed by atoms with Crippen LogP contribution in [-0.4, -0.2) is 118 Å². The van der Waals surface area contributed by atoms with Crippen molar-refractivity contribution in [1.82, 2.24) is 36.6 Å². The van der Waals surface area contributed by atoms with Crippen molar-refractivity contribution in [3.05, 3.63) is 72.1 Å². The van der Waals surface area contributed by atoms with Crippen LogP contribution in [-0.2, 0) is 41.6 Å². The van der Waals surface area contributed by atoms with Crippen LogP contribution >= 0.6 is 12.6 Å². The minimum absolute atomic E-state index is 0.0527. The molecular formula is C39H54N14O7S. The zero-order chi connectivity index (χ0) is 44.5. The summed E-state index contributed by atoms with van der Waals surface area (Å²) in [6, 6.07) is 8.55. The molecule has 0 bridgehead atoms. The average Bonchev–Trinajstić information content (AvgIpc) is 3.84. The number of amides is 5. The number of H-pyrrole nitrogens is 2. The van der Waals surface area contributed by atoms with Crippen molar-refractivity contribution >= 4 is 81.9 Å². The van der Waals surface area contributed by atoms with Gasteiger partial charge in [0.15, 0.2) is 11.9 Å². The van der Waals surface area contributed by atoms with E-state index in [0.717, 1.165) is 21.8 Å². The number of carbonyl (C=O) groups is 6. The molecule has 2 aromatic carbocycles. The normalized spacial score (nSPS) is 13.5. The molecule has 4 aromatic rings. The third-order valence-corrected chi connectivity index (χ3v) is 9.94. The molecule has 0 saturated carbocycles. The highest BCUT2D eigenvalue weighted by Gasteiger charge is 2.33. The molecule has 328 valence electrons. The number of benzene rings is 2. The van der Waals surface area contributed by atoms with E-state index in [2.05, 4.69) is 59.2 Å². The summed E-state index contributed by atoms with van der Waals surface area (Å²) in [4.78, 5) is 94.1. The molecule has 61 heavy (non-hydrogen) atoms. The summed E-state index contributed by atoms with van der Waals surface area (Å²) in [5.74, 6) is -5.44. The van der Waals surface area contributed by atoms with Crippen LogP contribution < -0.4 is 55.3 Å². The summed E-state index contributed by atoms with van der Waals surface area (Å²) < 4.78 is 0. The predicted molar refractivity (Wildman–Crippen MR) is 234 cm³/mol. The Labute approximate surface area is 356 Å². The SMILES string of the molecule is NC(N)=NCCC[C@H](NC(=O)[C@@H](N)CCCN=C(N)N)C(=O)N[C@@H](Cc1c[nH]c2ccccc12)C(=O)N[C@@H](Cc1c[nH]c2ccccc12)C(=O)N[C@@H](CS)C(=O)NCC(=O)O. The maximum Gasteiger partial charge on any atom is 0.322 e. The number of fused-ring (bicyclic) bond motifs is 2. The second-order valence-electron chi connectivity index (χ2n) is 14.2. The number of carboxylic acid groups (broad SMARTS) is 1. The van der Waals surface area contributed by atoms with Gasteiger partial charge in [-0.25, -0.2) is 0 Å². The van der Waals surface area contributed by atoms with Crippen molar-refractivity contribution < 1.29 is 33.9 Å². The van der Waals surface area contributed by atoms with Gasteiger partial charge in [0.05, 0.1) is 6.04 Å². The largest absolute Gasteiger partial charge is 0.480 e. The minimum Gasteiger partial charge on any atom is -0.480 e. The van der Waals surface area contributed by atoms with E-state index in [1.165, 1.54) is 0 Å². The van der Waals surface area contributed by atoms with Gasteiger partial charge in [0, 0.05) is 65.9 Å². The quantitative estimate of drug-likeness (QED) is 0.0157. The van der Waals surface area contributed by atoms with Crippen LogP contribution in [0.4, 0.5) is 0 Å². The molecule has 5 atom stereocenters. The first-order valence-electron chi connectivity index (χ1n) is 19.4. The van der Waals surface area contributed by atoms with Gasteiger partial charge in [0.2, 0.25) is 29.5 Å². The van der Waals surface area contributed by atoms with Crippen molar-refractivity contribution in [3.63, 3.8) is 0 Å². The molecule has 22 heteroatoms. The lowest BCUT2D eigenvalue weighted by atomic mass is 10.0. The zero-order valence-electron chi connectivity index (χ0n) is 33.4. The Morgan fingerprint density at radius 1 is 0.623 bits per heavy atom. The molecule has 0 spiro atoms. The minimum atomic E-state index is -1.32. The van der Waals surface area contributed by atoms with Crippen LogP contribution in [0.3, 0.4) is 0 Å². The lowest BCUT2D eigenvalue weighted by molar-refractivity contribution is -0.138. The van der Waals surface area contributed by atoms with Crippen molar-refractivity contribution in [2.75, 3.05) is 25.4 Å². The zero-order valence-corrected chi connectivity index (χ0v) is 34.3. The van der Waals surface area contributed by atoms with Gasteiger partial charge in [-0.1, -0.05) is 36.4 Å².